The number of benzene rings is 3. The van der Waals surface area contributed by atoms with Crippen LogP contribution in [0.5, 0.6) is 11.5 Å². The molecule has 0 saturated carbocycles. The van der Waals surface area contributed by atoms with Crippen molar-refractivity contribution >= 4 is 11.9 Å². The van der Waals surface area contributed by atoms with Crippen LogP contribution >= 0.6 is 0 Å². The second-order valence-corrected chi connectivity index (χ2v) is 7.87. The van der Waals surface area contributed by atoms with Gasteiger partial charge in [0.05, 0.1) is 18.8 Å². The van der Waals surface area contributed by atoms with Crippen molar-refractivity contribution in [2.75, 3.05) is 26.8 Å². The molecule has 0 aromatic heterocycles. The lowest BCUT2D eigenvalue weighted by Crippen LogP contribution is -2.23. The van der Waals surface area contributed by atoms with Gasteiger partial charge in [0.1, 0.15) is 29.3 Å². The van der Waals surface area contributed by atoms with Crippen molar-refractivity contribution in [1.82, 2.24) is 0 Å². The zero-order chi connectivity index (χ0) is 25.6. The highest BCUT2D eigenvalue weighted by atomic mass is 16.7. The summed E-state index contributed by atoms with van der Waals surface area (Å²) >= 11 is 0. The van der Waals surface area contributed by atoms with Crippen molar-refractivity contribution in [2.24, 2.45) is 0 Å². The minimum absolute atomic E-state index is 0.0437. The Balaban J connectivity index is 1.37. The predicted octanol–water partition coefficient (Wildman–Crippen LogP) is 4.88. The Morgan fingerprint density at radius 1 is 0.639 bits per heavy atom. The first-order valence-electron chi connectivity index (χ1n) is 11.5. The molecule has 0 saturated heterocycles. The zero-order valence-corrected chi connectivity index (χ0v) is 20.3. The lowest BCUT2D eigenvalue weighted by molar-refractivity contribution is -0.0401. The molecule has 3 aromatic rings. The Morgan fingerprint density at radius 2 is 1.17 bits per heavy atom. The molecule has 0 aliphatic rings. The van der Waals surface area contributed by atoms with E-state index in [9.17, 15) is 9.59 Å². The molecule has 0 fully saturated rings. The van der Waals surface area contributed by atoms with Crippen LogP contribution in [0.2, 0.25) is 0 Å². The molecule has 36 heavy (non-hydrogen) atoms. The van der Waals surface area contributed by atoms with Gasteiger partial charge >= 0.3 is 11.9 Å². The van der Waals surface area contributed by atoms with E-state index in [4.69, 9.17) is 28.4 Å². The summed E-state index contributed by atoms with van der Waals surface area (Å²) in [5.41, 5.74) is 0.730. The minimum Gasteiger partial charge on any atom is -0.468 e. The second-order valence-electron chi connectivity index (χ2n) is 7.87. The second kappa shape index (κ2) is 14.5. The van der Waals surface area contributed by atoms with E-state index in [0.717, 1.165) is 0 Å². The first-order valence-corrected chi connectivity index (χ1v) is 11.5. The SMILES string of the molecule is CC(COCOc1ccccc1C(=O)OC(C)COCOc1ccccc1)OC(=O)c1ccccc1. The molecule has 3 rings (SSSR count). The summed E-state index contributed by atoms with van der Waals surface area (Å²) in [5, 5.41) is 0. The van der Waals surface area contributed by atoms with Crippen molar-refractivity contribution in [3.05, 3.63) is 96.1 Å². The Hall–Kier alpha value is -3.88. The Bertz CT molecular complexity index is 1070. The monoisotopic (exact) mass is 494 g/mol. The first-order chi connectivity index (χ1) is 17.5. The maximum atomic E-state index is 12.6. The molecule has 0 aliphatic heterocycles. The van der Waals surface area contributed by atoms with Crippen LogP contribution in [-0.2, 0) is 18.9 Å². The Kier molecular flexibility index (Phi) is 10.8. The summed E-state index contributed by atoms with van der Waals surface area (Å²) in [7, 11) is 0. The van der Waals surface area contributed by atoms with E-state index in [-0.39, 0.29) is 32.4 Å². The third-order valence-corrected chi connectivity index (χ3v) is 4.79. The zero-order valence-electron chi connectivity index (χ0n) is 20.3. The van der Waals surface area contributed by atoms with E-state index >= 15 is 0 Å². The van der Waals surface area contributed by atoms with Crippen molar-refractivity contribution in [1.29, 1.82) is 0 Å². The average Bonchev–Trinajstić information content (AvgIpc) is 2.90. The Labute approximate surface area is 210 Å². The molecule has 0 heterocycles. The van der Waals surface area contributed by atoms with Gasteiger partial charge in [-0.15, -0.1) is 0 Å². The van der Waals surface area contributed by atoms with Crippen LogP contribution in [0.4, 0.5) is 0 Å². The van der Waals surface area contributed by atoms with Gasteiger partial charge in [0, 0.05) is 0 Å². The predicted molar refractivity (Wildman–Crippen MR) is 132 cm³/mol. The smallest absolute Gasteiger partial charge is 0.342 e. The molecule has 8 heteroatoms. The maximum Gasteiger partial charge on any atom is 0.342 e. The summed E-state index contributed by atoms with van der Waals surface area (Å²) in [6.07, 6.45) is -0.977. The molecule has 0 aliphatic carbocycles. The number of hydrogen-bond donors (Lipinski definition) is 0. The molecule has 2 unspecified atom stereocenters. The normalized spacial score (nSPS) is 12.3. The number of ether oxygens (including phenoxy) is 6. The van der Waals surface area contributed by atoms with Crippen molar-refractivity contribution in [3.8, 4) is 11.5 Å². The van der Waals surface area contributed by atoms with Gasteiger partial charge in [-0.3, -0.25) is 0 Å². The highest BCUT2D eigenvalue weighted by Crippen LogP contribution is 2.20. The average molecular weight is 495 g/mol. The summed E-state index contributed by atoms with van der Waals surface area (Å²) < 4.78 is 32.8. The molecule has 190 valence electrons. The van der Waals surface area contributed by atoms with E-state index in [0.29, 0.717) is 17.1 Å². The molecule has 3 aromatic carbocycles. The highest BCUT2D eigenvalue weighted by Gasteiger charge is 2.17. The van der Waals surface area contributed by atoms with Gasteiger partial charge in [-0.1, -0.05) is 48.5 Å². The van der Waals surface area contributed by atoms with E-state index < -0.39 is 24.1 Å². The Morgan fingerprint density at radius 3 is 1.83 bits per heavy atom. The number of carbonyl (C=O) groups is 2. The molecule has 2 atom stereocenters. The minimum atomic E-state index is -0.546. The fourth-order valence-corrected chi connectivity index (χ4v) is 3.06. The lowest BCUT2D eigenvalue weighted by Gasteiger charge is -2.17. The molecular formula is C28H30O8. The van der Waals surface area contributed by atoms with Gasteiger partial charge in [-0.05, 0) is 50.2 Å². The third-order valence-electron chi connectivity index (χ3n) is 4.79. The number of para-hydroxylation sites is 2. The molecule has 0 radical (unpaired) electrons. The van der Waals surface area contributed by atoms with Crippen LogP contribution < -0.4 is 9.47 Å². The summed E-state index contributed by atoms with van der Waals surface area (Å²) in [6, 6.07) is 24.7. The summed E-state index contributed by atoms with van der Waals surface area (Å²) in [4.78, 5) is 24.7. The fraction of sp³-hybridized carbons (Fsp3) is 0.286. The quantitative estimate of drug-likeness (QED) is 0.178. The highest BCUT2D eigenvalue weighted by molar-refractivity contribution is 5.92. The summed E-state index contributed by atoms with van der Waals surface area (Å²) in [6.45, 7) is 3.66. The molecule has 0 N–H and O–H groups in total. The van der Waals surface area contributed by atoms with Crippen molar-refractivity contribution in [2.45, 2.75) is 26.1 Å². The van der Waals surface area contributed by atoms with Gasteiger partial charge in [0.15, 0.2) is 13.6 Å². The topological polar surface area (TPSA) is 89.5 Å². The molecule has 0 amide bonds. The third kappa shape index (κ3) is 9.05. The first kappa shape index (κ1) is 26.7. The molecule has 8 nitrogen and oxygen atoms in total. The fourth-order valence-electron chi connectivity index (χ4n) is 3.06. The van der Waals surface area contributed by atoms with Crippen LogP contribution in [0.1, 0.15) is 34.6 Å². The van der Waals surface area contributed by atoms with Crippen LogP contribution in [0.3, 0.4) is 0 Å². The largest absolute Gasteiger partial charge is 0.468 e. The molecule has 0 spiro atoms. The van der Waals surface area contributed by atoms with E-state index in [2.05, 4.69) is 0 Å². The van der Waals surface area contributed by atoms with Gasteiger partial charge in [0.25, 0.3) is 0 Å². The number of esters is 2. The van der Waals surface area contributed by atoms with Gasteiger partial charge < -0.3 is 28.4 Å². The molecule has 0 bridgehead atoms. The maximum absolute atomic E-state index is 12.6. The van der Waals surface area contributed by atoms with Crippen LogP contribution in [0.25, 0.3) is 0 Å². The van der Waals surface area contributed by atoms with Crippen LogP contribution in [0, 0.1) is 0 Å². The number of carbonyl (C=O) groups excluding carboxylic acids is 2. The van der Waals surface area contributed by atoms with Gasteiger partial charge in [-0.2, -0.15) is 0 Å². The van der Waals surface area contributed by atoms with Crippen molar-refractivity contribution < 1.29 is 38.0 Å². The van der Waals surface area contributed by atoms with Crippen LogP contribution in [0.15, 0.2) is 84.9 Å². The molecular weight excluding hydrogens is 464 g/mol. The van der Waals surface area contributed by atoms with E-state index in [1.165, 1.54) is 0 Å². The van der Waals surface area contributed by atoms with E-state index in [1.54, 1.807) is 62.4 Å². The lowest BCUT2D eigenvalue weighted by atomic mass is 10.2. The van der Waals surface area contributed by atoms with E-state index in [1.807, 2.05) is 36.4 Å². The summed E-state index contributed by atoms with van der Waals surface area (Å²) in [5.74, 6) is 0.0393. The van der Waals surface area contributed by atoms with Gasteiger partial charge in [-0.25, -0.2) is 9.59 Å². The van der Waals surface area contributed by atoms with Gasteiger partial charge in [0.2, 0.25) is 0 Å². The number of hydrogen-bond acceptors (Lipinski definition) is 8. The van der Waals surface area contributed by atoms with Crippen molar-refractivity contribution in [3.63, 3.8) is 0 Å². The number of rotatable bonds is 14. The standard InChI is InChI=1S/C28H30O8/c1-21(35-27(29)23-11-5-3-6-12-23)17-32-20-34-26-16-10-9-15-25(26)28(30)36-22(2)18-31-19-33-24-13-7-4-8-14-24/h3-16,21-22H,17-20H2,1-2H3. The van der Waals surface area contributed by atoms with Crippen LogP contribution in [-0.4, -0.2) is 50.9 Å².